The van der Waals surface area contributed by atoms with Crippen molar-refractivity contribution in [1.29, 1.82) is 5.26 Å². The van der Waals surface area contributed by atoms with Gasteiger partial charge in [-0.1, -0.05) is 11.6 Å². The molecule has 0 aliphatic heterocycles. The molecule has 2 rings (SSSR count). The molecule has 0 radical (unpaired) electrons. The van der Waals surface area contributed by atoms with Crippen LogP contribution in [0.1, 0.15) is 5.56 Å². The molecule has 0 amide bonds. The highest BCUT2D eigenvalue weighted by Gasteiger charge is 2.15. The average molecular weight is 263 g/mol. The van der Waals surface area contributed by atoms with Gasteiger partial charge >= 0.3 is 0 Å². The molecule has 0 aliphatic rings. The van der Waals surface area contributed by atoms with Gasteiger partial charge in [-0.25, -0.2) is 8.96 Å². The highest BCUT2D eigenvalue weighted by molar-refractivity contribution is 7.92. The van der Waals surface area contributed by atoms with Crippen LogP contribution in [0.5, 0.6) is 0 Å². The Morgan fingerprint density at radius 1 is 1.47 bits per heavy atom. The Morgan fingerprint density at radius 3 is 2.80 bits per heavy atom. The van der Waals surface area contributed by atoms with Gasteiger partial charge in [0.2, 0.25) is 5.28 Å². The average Bonchev–Trinajstić information content (AvgIpc) is 2.55. The third kappa shape index (κ3) is 1.63. The minimum Gasteiger partial charge on any atom is -0.246 e. The zero-order valence-electron chi connectivity index (χ0n) is 6.91. The molecule has 4 nitrogen and oxygen atoms in total. The topological polar surface area (TPSA) is 54.5 Å². The lowest BCUT2D eigenvalue weighted by Gasteiger charge is -1.96. The second-order valence-corrected chi connectivity index (χ2v) is 3.76. The molecule has 0 saturated carbocycles. The van der Waals surface area contributed by atoms with E-state index < -0.39 is 0 Å². The molecule has 0 fully saturated rings. The van der Waals surface area contributed by atoms with Gasteiger partial charge in [-0.2, -0.15) is 10.2 Å². The second-order valence-electron chi connectivity index (χ2n) is 2.53. The van der Waals surface area contributed by atoms with Crippen LogP contribution >= 0.6 is 35.5 Å². The number of fused-ring (bicyclic) bond motifs is 1. The first-order chi connectivity index (χ1) is 7.17. The Morgan fingerprint density at radius 2 is 2.20 bits per heavy atom. The fraction of sp³-hybridized carbons (Fsp3) is 0. The molecule has 0 aromatic carbocycles. The van der Waals surface area contributed by atoms with E-state index in [1.54, 1.807) is 0 Å². The number of hydrogen-bond acceptors (Lipinski definition) is 4. The van der Waals surface area contributed by atoms with Gasteiger partial charge in [-0.15, -0.1) is 3.89 Å². The molecular formula is C7HCl2FN4S. The van der Waals surface area contributed by atoms with Crippen LogP contribution in [0.15, 0.2) is 6.20 Å². The third-order valence-electron chi connectivity index (χ3n) is 1.74. The monoisotopic (exact) mass is 262 g/mol. The van der Waals surface area contributed by atoms with Gasteiger partial charge in [-0.05, 0) is 11.6 Å². The summed E-state index contributed by atoms with van der Waals surface area (Å²) in [7, 11) is 0. The first-order valence-electron chi connectivity index (χ1n) is 3.60. The second kappa shape index (κ2) is 3.85. The Balaban J connectivity index is 2.93. The quantitative estimate of drug-likeness (QED) is 0.586. The van der Waals surface area contributed by atoms with Gasteiger partial charge in [-0.3, -0.25) is 0 Å². The van der Waals surface area contributed by atoms with Crippen molar-refractivity contribution in [3.63, 3.8) is 0 Å². The summed E-state index contributed by atoms with van der Waals surface area (Å²) in [5, 5.41) is 9.04. The number of aromatic nitrogens is 3. The van der Waals surface area contributed by atoms with Crippen LogP contribution in [0.4, 0.5) is 3.89 Å². The molecule has 0 unspecified atom stereocenters. The number of halogens is 3. The van der Waals surface area contributed by atoms with Crippen molar-refractivity contribution in [2.24, 2.45) is 0 Å². The van der Waals surface area contributed by atoms with Gasteiger partial charge < -0.3 is 0 Å². The molecule has 8 heteroatoms. The molecule has 2 aromatic rings. The van der Waals surface area contributed by atoms with Crippen molar-refractivity contribution < 1.29 is 3.89 Å². The maximum Gasteiger partial charge on any atom is 0.225 e. The number of nitrogens with zero attached hydrogens (tertiary/aromatic N) is 4. The molecule has 2 aromatic heterocycles. The molecule has 0 atom stereocenters. The van der Waals surface area contributed by atoms with Crippen molar-refractivity contribution in [2.75, 3.05) is 0 Å². The Hall–Kier alpha value is -1.03. The number of hydrogen-bond donors (Lipinski definition) is 0. The molecule has 2 heterocycles. The van der Waals surface area contributed by atoms with Gasteiger partial charge in [0.25, 0.3) is 0 Å². The number of rotatable bonds is 1. The van der Waals surface area contributed by atoms with Crippen molar-refractivity contribution in [2.45, 2.75) is 0 Å². The van der Waals surface area contributed by atoms with Crippen LogP contribution in [0.3, 0.4) is 0 Å². The molecule has 15 heavy (non-hydrogen) atoms. The zero-order chi connectivity index (χ0) is 11.0. The summed E-state index contributed by atoms with van der Waals surface area (Å²) >= 11 is 11.3. The van der Waals surface area contributed by atoms with E-state index in [1.807, 2.05) is 6.07 Å². The third-order valence-corrected chi connectivity index (χ3v) is 2.61. The predicted octanol–water partition coefficient (Wildman–Crippen LogP) is 2.99. The minimum atomic E-state index is -0.0922. The van der Waals surface area contributed by atoms with Gasteiger partial charge in [0.05, 0.1) is 10.9 Å². The summed E-state index contributed by atoms with van der Waals surface area (Å²) < 4.78 is 13.6. The number of nitriles is 1. The minimum absolute atomic E-state index is 0.0364. The van der Waals surface area contributed by atoms with Gasteiger partial charge in [0, 0.05) is 6.20 Å². The summed E-state index contributed by atoms with van der Waals surface area (Å²) in [6.45, 7) is 0. The van der Waals surface area contributed by atoms with Crippen LogP contribution < -0.4 is 0 Å². The largest absolute Gasteiger partial charge is 0.246 e. The van der Waals surface area contributed by atoms with E-state index in [9.17, 15) is 3.89 Å². The van der Waals surface area contributed by atoms with Crippen LogP contribution in [-0.2, 0) is 0 Å². The fourth-order valence-electron chi connectivity index (χ4n) is 1.17. The summed E-state index contributed by atoms with van der Waals surface area (Å²) in [5.41, 5.74) is 0.390. The molecule has 0 spiro atoms. The van der Waals surface area contributed by atoms with E-state index in [4.69, 9.17) is 28.5 Å². The molecule has 0 bridgehead atoms. The Kier molecular flexibility index (Phi) is 2.69. The fourth-order valence-corrected chi connectivity index (χ4v) is 1.99. The zero-order valence-corrected chi connectivity index (χ0v) is 9.24. The van der Waals surface area contributed by atoms with E-state index in [0.29, 0.717) is 5.39 Å². The highest BCUT2D eigenvalue weighted by atomic mass is 35.5. The van der Waals surface area contributed by atoms with E-state index in [0.717, 1.165) is 3.97 Å². The van der Waals surface area contributed by atoms with E-state index in [1.165, 1.54) is 6.20 Å². The predicted molar refractivity (Wildman–Crippen MR) is 56.4 cm³/mol. The van der Waals surface area contributed by atoms with Crippen molar-refractivity contribution in [3.05, 3.63) is 22.2 Å². The van der Waals surface area contributed by atoms with E-state index in [-0.39, 0.29) is 34.0 Å². The van der Waals surface area contributed by atoms with Crippen LogP contribution in [0.25, 0.3) is 11.0 Å². The first kappa shape index (κ1) is 10.5. The normalized spacial score (nSPS) is 10.5. The molecular weight excluding hydrogens is 262 g/mol. The molecule has 0 aliphatic carbocycles. The van der Waals surface area contributed by atoms with E-state index in [2.05, 4.69) is 9.97 Å². The summed E-state index contributed by atoms with van der Waals surface area (Å²) in [4.78, 5) is 7.48. The lowest BCUT2D eigenvalue weighted by Crippen LogP contribution is -1.88. The Bertz CT molecular complexity index is 576. The lowest BCUT2D eigenvalue weighted by molar-refractivity contribution is 0.919. The highest BCUT2D eigenvalue weighted by Crippen LogP contribution is 2.29. The van der Waals surface area contributed by atoms with Gasteiger partial charge in [0.15, 0.2) is 18.0 Å². The van der Waals surface area contributed by atoms with Crippen molar-refractivity contribution in [1.82, 2.24) is 13.9 Å². The lowest BCUT2D eigenvalue weighted by atomic mass is 10.3. The van der Waals surface area contributed by atoms with Crippen LogP contribution in [0, 0.1) is 11.3 Å². The van der Waals surface area contributed by atoms with Crippen molar-refractivity contribution >= 4 is 46.6 Å². The van der Waals surface area contributed by atoms with Crippen LogP contribution in [-0.4, -0.2) is 13.9 Å². The summed E-state index contributed by atoms with van der Waals surface area (Å²) in [5.74, 6) is 0. The van der Waals surface area contributed by atoms with E-state index >= 15 is 0 Å². The standard InChI is InChI=1S/C7HCl2FN4S/c8-5-4-3(1-11)2-14(15-10)6(4)13-7(9)12-5/h2H. The smallest absolute Gasteiger partial charge is 0.225 e. The maximum absolute atomic E-state index is 12.5. The summed E-state index contributed by atoms with van der Waals surface area (Å²) in [6, 6.07) is 1.88. The van der Waals surface area contributed by atoms with Gasteiger partial charge in [0.1, 0.15) is 11.2 Å². The maximum atomic E-state index is 12.5. The SMILES string of the molecule is N#Cc1cn(SF)c2nc(Cl)nc(Cl)c12. The van der Waals surface area contributed by atoms with Crippen molar-refractivity contribution in [3.8, 4) is 6.07 Å². The first-order valence-corrected chi connectivity index (χ1v) is 5.03. The Labute approximate surface area is 98.1 Å². The molecule has 76 valence electrons. The molecule has 0 N–H and O–H groups in total. The molecule has 0 saturated heterocycles. The van der Waals surface area contributed by atoms with Crippen LogP contribution in [0.2, 0.25) is 10.4 Å². The summed E-state index contributed by atoms with van der Waals surface area (Å²) in [6.07, 6.45) is 1.28.